The molecule has 10 heteroatoms. The highest BCUT2D eigenvalue weighted by atomic mass is 32.2. The molecule has 9 nitrogen and oxygen atoms in total. The van der Waals surface area contributed by atoms with Crippen LogP contribution in [0.15, 0.2) is 61.3 Å². The van der Waals surface area contributed by atoms with Gasteiger partial charge in [0.25, 0.3) is 10.0 Å². The number of anilines is 1. The van der Waals surface area contributed by atoms with Crippen molar-refractivity contribution >= 4 is 15.7 Å². The second-order valence-corrected chi connectivity index (χ2v) is 11.4. The van der Waals surface area contributed by atoms with Crippen LogP contribution in [0.25, 0.3) is 11.4 Å². The number of sulfonamides is 1. The number of aryl methyl sites for hydroxylation is 4. The average Bonchev–Trinajstić information content (AvgIpc) is 3.47. The maximum Gasteiger partial charge on any atom is 0.439 e. The molecule has 4 aromatic rings. The number of aromatic nitrogens is 2. The smallest absolute Gasteiger partial charge is 0.439 e. The monoisotopic (exact) mass is 525 g/mol. The summed E-state index contributed by atoms with van der Waals surface area (Å²) in [6.07, 6.45) is 0. The van der Waals surface area contributed by atoms with E-state index in [0.717, 1.165) is 22.3 Å². The number of hydrogen-bond acceptors (Lipinski definition) is 7. The molecule has 2 heterocycles. The molecule has 2 aromatic heterocycles. The van der Waals surface area contributed by atoms with Gasteiger partial charge in [0.1, 0.15) is 18.1 Å². The standard InChI is InChI=1S/C27H31N3O6S/c1-16(2)14-30(37(32,33)25-10-7-20(6)35-25)23-12-17(3)18(4)13-24(23)34-15-22-9-8-21(11-19(22)5)26-28-27(31)36-29-26/h7-13,16H,14-15H2,1-6H3,(H,28,29,31). The van der Waals surface area contributed by atoms with E-state index in [1.165, 1.54) is 10.4 Å². The Hall–Kier alpha value is -3.79. The van der Waals surface area contributed by atoms with Gasteiger partial charge in [0.15, 0.2) is 5.82 Å². The Balaban J connectivity index is 1.69. The first-order chi connectivity index (χ1) is 17.5. The predicted molar refractivity (Wildman–Crippen MR) is 140 cm³/mol. The van der Waals surface area contributed by atoms with Gasteiger partial charge >= 0.3 is 5.76 Å². The predicted octanol–water partition coefficient (Wildman–Crippen LogP) is 5.29. The maximum atomic E-state index is 13.7. The van der Waals surface area contributed by atoms with Crippen molar-refractivity contribution in [2.45, 2.75) is 53.2 Å². The summed E-state index contributed by atoms with van der Waals surface area (Å²) in [5, 5.41) is 3.62. The molecule has 2 aromatic carbocycles. The summed E-state index contributed by atoms with van der Waals surface area (Å²) in [7, 11) is -3.96. The minimum Gasteiger partial charge on any atom is -0.487 e. The van der Waals surface area contributed by atoms with Crippen LogP contribution in [0.1, 0.15) is 41.9 Å². The van der Waals surface area contributed by atoms with Gasteiger partial charge in [-0.2, -0.15) is 8.42 Å². The fraction of sp³-hybridized carbons (Fsp3) is 0.333. The Kier molecular flexibility index (Phi) is 7.31. The molecule has 0 spiro atoms. The van der Waals surface area contributed by atoms with Crippen molar-refractivity contribution in [3.8, 4) is 17.1 Å². The zero-order valence-corrected chi connectivity index (χ0v) is 22.6. The van der Waals surface area contributed by atoms with E-state index in [1.807, 2.05) is 65.0 Å². The number of benzene rings is 2. The Morgan fingerprint density at radius 3 is 2.32 bits per heavy atom. The number of aromatic amines is 1. The lowest BCUT2D eigenvalue weighted by Crippen LogP contribution is -2.34. The highest BCUT2D eigenvalue weighted by Gasteiger charge is 2.31. The number of furan rings is 1. The van der Waals surface area contributed by atoms with Gasteiger partial charge < -0.3 is 9.15 Å². The molecule has 37 heavy (non-hydrogen) atoms. The zero-order chi connectivity index (χ0) is 26.9. The Bertz CT molecular complexity index is 1580. The third kappa shape index (κ3) is 5.64. The molecule has 4 rings (SSSR count). The van der Waals surface area contributed by atoms with Gasteiger partial charge in [-0.05, 0) is 86.2 Å². The van der Waals surface area contributed by atoms with E-state index in [4.69, 9.17) is 9.15 Å². The molecule has 1 N–H and O–H groups in total. The Morgan fingerprint density at radius 2 is 1.73 bits per heavy atom. The second-order valence-electron chi connectivity index (χ2n) is 9.57. The fourth-order valence-corrected chi connectivity index (χ4v) is 5.51. The first kappa shape index (κ1) is 26.3. The molecule has 0 unspecified atom stereocenters. The van der Waals surface area contributed by atoms with Crippen LogP contribution in [0.5, 0.6) is 5.75 Å². The molecule has 0 atom stereocenters. The van der Waals surface area contributed by atoms with Gasteiger partial charge in [-0.3, -0.25) is 13.8 Å². The summed E-state index contributed by atoms with van der Waals surface area (Å²) in [4.78, 5) is 13.8. The van der Waals surface area contributed by atoms with Crippen molar-refractivity contribution in [1.29, 1.82) is 0 Å². The van der Waals surface area contributed by atoms with Crippen molar-refractivity contribution in [3.05, 3.63) is 81.0 Å². The molecular weight excluding hydrogens is 494 g/mol. The molecule has 0 fully saturated rings. The van der Waals surface area contributed by atoms with Crippen LogP contribution in [0, 0.1) is 33.6 Å². The van der Waals surface area contributed by atoms with Crippen LogP contribution in [-0.2, 0) is 16.6 Å². The number of nitrogens with zero attached hydrogens (tertiary/aromatic N) is 2. The van der Waals surface area contributed by atoms with E-state index < -0.39 is 15.8 Å². The van der Waals surface area contributed by atoms with E-state index >= 15 is 0 Å². The van der Waals surface area contributed by atoms with E-state index in [2.05, 4.69) is 14.7 Å². The van der Waals surface area contributed by atoms with Crippen LogP contribution >= 0.6 is 0 Å². The molecular formula is C27H31N3O6S. The van der Waals surface area contributed by atoms with Gasteiger partial charge in [-0.25, -0.2) is 4.79 Å². The lowest BCUT2D eigenvalue weighted by Gasteiger charge is -2.28. The Morgan fingerprint density at radius 1 is 1.00 bits per heavy atom. The molecule has 196 valence electrons. The topological polar surface area (TPSA) is 119 Å². The minimum absolute atomic E-state index is 0.0538. The van der Waals surface area contributed by atoms with E-state index in [-0.39, 0.29) is 24.2 Å². The normalized spacial score (nSPS) is 11.8. The lowest BCUT2D eigenvalue weighted by molar-refractivity contribution is 0.306. The molecule has 0 saturated carbocycles. The van der Waals surface area contributed by atoms with E-state index in [0.29, 0.717) is 28.6 Å². The van der Waals surface area contributed by atoms with Crippen molar-refractivity contribution in [2.24, 2.45) is 5.92 Å². The van der Waals surface area contributed by atoms with E-state index in [9.17, 15) is 13.2 Å². The maximum absolute atomic E-state index is 13.7. The number of hydrogen-bond donors (Lipinski definition) is 1. The molecule has 0 amide bonds. The fourth-order valence-electron chi connectivity index (χ4n) is 3.92. The largest absolute Gasteiger partial charge is 0.487 e. The van der Waals surface area contributed by atoms with Crippen LogP contribution in [0.2, 0.25) is 0 Å². The summed E-state index contributed by atoms with van der Waals surface area (Å²) >= 11 is 0. The van der Waals surface area contributed by atoms with Crippen molar-refractivity contribution < 1.29 is 22.1 Å². The van der Waals surface area contributed by atoms with Gasteiger partial charge in [0.05, 0.1) is 5.69 Å². The van der Waals surface area contributed by atoms with Crippen molar-refractivity contribution in [3.63, 3.8) is 0 Å². The van der Waals surface area contributed by atoms with Gasteiger partial charge in [-0.1, -0.05) is 31.1 Å². The molecule has 0 aliphatic heterocycles. The number of rotatable bonds is 9. The van der Waals surface area contributed by atoms with Gasteiger partial charge in [0.2, 0.25) is 5.09 Å². The third-order valence-electron chi connectivity index (χ3n) is 6.07. The van der Waals surface area contributed by atoms with Gasteiger partial charge in [-0.15, -0.1) is 0 Å². The van der Waals surface area contributed by atoms with Crippen LogP contribution in [0.3, 0.4) is 0 Å². The molecule has 0 saturated heterocycles. The van der Waals surface area contributed by atoms with Crippen LogP contribution in [-0.4, -0.2) is 25.1 Å². The molecule has 0 bridgehead atoms. The van der Waals surface area contributed by atoms with Gasteiger partial charge in [0, 0.05) is 12.1 Å². The third-order valence-corrected chi connectivity index (χ3v) is 7.73. The number of H-pyrrole nitrogens is 1. The summed E-state index contributed by atoms with van der Waals surface area (Å²) in [6, 6.07) is 12.4. The summed E-state index contributed by atoms with van der Waals surface area (Å²) in [5.41, 5.74) is 4.92. The first-order valence-corrected chi connectivity index (χ1v) is 13.4. The Labute approximate surface area is 216 Å². The summed E-state index contributed by atoms with van der Waals surface area (Å²) in [5.74, 6) is 0.763. The molecule has 0 aliphatic rings. The minimum atomic E-state index is -3.96. The summed E-state index contributed by atoms with van der Waals surface area (Å²) in [6.45, 7) is 11.9. The van der Waals surface area contributed by atoms with Crippen LogP contribution < -0.4 is 14.8 Å². The first-order valence-electron chi connectivity index (χ1n) is 11.9. The number of nitrogens with one attached hydrogen (secondary N) is 1. The number of ether oxygens (including phenoxy) is 1. The van der Waals surface area contributed by atoms with Crippen molar-refractivity contribution in [2.75, 3.05) is 10.8 Å². The lowest BCUT2D eigenvalue weighted by atomic mass is 10.1. The SMILES string of the molecule is Cc1ccc(S(=O)(=O)N(CC(C)C)c2cc(C)c(C)cc2OCc2ccc(-c3noc(=O)[nH]3)cc2C)o1. The average molecular weight is 526 g/mol. The highest BCUT2D eigenvalue weighted by Crippen LogP contribution is 2.37. The highest BCUT2D eigenvalue weighted by molar-refractivity contribution is 7.92. The van der Waals surface area contributed by atoms with Crippen molar-refractivity contribution in [1.82, 2.24) is 10.1 Å². The van der Waals surface area contributed by atoms with E-state index in [1.54, 1.807) is 13.0 Å². The van der Waals surface area contributed by atoms with Crippen LogP contribution in [0.4, 0.5) is 5.69 Å². The zero-order valence-electron chi connectivity index (χ0n) is 21.8. The molecule has 0 aliphatic carbocycles. The summed E-state index contributed by atoms with van der Waals surface area (Å²) < 4.78 is 45.1. The quantitative estimate of drug-likeness (QED) is 0.315. The second kappa shape index (κ2) is 10.3. The molecule has 0 radical (unpaired) electrons.